The molecule has 0 aromatic carbocycles. The Morgan fingerprint density at radius 3 is 0.750 bits per heavy atom. The monoisotopic (exact) mass is 535 g/mol. The summed E-state index contributed by atoms with van der Waals surface area (Å²) < 4.78 is 32.7. The first-order valence-electron chi connectivity index (χ1n) is 7.00. The maximum Gasteiger partial charge on any atom is 0.0777 e. The Hall–Kier alpha value is 1.73. The van der Waals surface area contributed by atoms with Crippen molar-refractivity contribution in [2.75, 3.05) is 37.0 Å². The van der Waals surface area contributed by atoms with Crippen LogP contribution in [0.25, 0.3) is 0 Å². The summed E-state index contributed by atoms with van der Waals surface area (Å²) in [6.07, 6.45) is 8.74. The summed E-state index contributed by atoms with van der Waals surface area (Å²) in [4.78, 5) is 0. The van der Waals surface area contributed by atoms with E-state index in [1.165, 1.54) is 37.0 Å². The fourth-order valence-corrected chi connectivity index (χ4v) is 4.50. The van der Waals surface area contributed by atoms with Gasteiger partial charge in [0, 0.05) is 22.4 Å². The molecule has 0 saturated heterocycles. The zero-order valence-corrected chi connectivity index (χ0v) is 18.5. The van der Waals surface area contributed by atoms with Gasteiger partial charge in [0.2, 0.25) is 0 Å². The molecule has 0 saturated carbocycles. The molecular formula is C12H33AuClO4P2+2. The van der Waals surface area contributed by atoms with E-state index in [4.69, 9.17) is 18.6 Å². The molecule has 0 aliphatic heterocycles. The Morgan fingerprint density at radius 2 is 0.750 bits per heavy atom. The summed E-state index contributed by atoms with van der Waals surface area (Å²) in [6, 6.07) is 0. The fraction of sp³-hybridized carbons (Fsp3) is 1.00. The van der Waals surface area contributed by atoms with E-state index in [1.807, 2.05) is 0 Å². The van der Waals surface area contributed by atoms with E-state index in [9.17, 15) is 0 Å². The van der Waals surface area contributed by atoms with Crippen LogP contribution in [0.5, 0.6) is 0 Å². The third-order valence-electron chi connectivity index (χ3n) is 3.00. The molecule has 0 fully saturated rings. The topological polar surface area (TPSA) is 89.4 Å². The number of hydrogen-bond acceptors (Lipinski definition) is 4. The van der Waals surface area contributed by atoms with E-state index in [-0.39, 0.29) is 38.2 Å². The van der Waals surface area contributed by atoms with Gasteiger partial charge in [0.15, 0.2) is 0 Å². The Kier molecular flexibility index (Phi) is 30.8. The summed E-state index contributed by atoms with van der Waals surface area (Å²) in [5.74, 6) is 0. The molecule has 0 heterocycles. The van der Waals surface area contributed by atoms with Gasteiger partial charge in [-0.05, 0) is 57.4 Å². The minimum absolute atomic E-state index is 0. The Labute approximate surface area is 145 Å². The molecule has 0 spiro atoms. The van der Waals surface area contributed by atoms with E-state index in [0.717, 1.165) is 0 Å². The predicted octanol–water partition coefficient (Wildman–Crippen LogP) is 0.394. The number of halogens is 1. The van der Waals surface area contributed by atoms with Crippen molar-refractivity contribution in [3.63, 3.8) is 0 Å². The van der Waals surface area contributed by atoms with E-state index in [0.29, 0.717) is 0 Å². The van der Waals surface area contributed by atoms with Crippen LogP contribution in [-0.2, 0) is 22.4 Å². The van der Waals surface area contributed by atoms with Gasteiger partial charge in [0.25, 0.3) is 0 Å². The molecule has 4 nitrogen and oxygen atoms in total. The summed E-state index contributed by atoms with van der Waals surface area (Å²) in [7, 11) is -4.42. The van der Waals surface area contributed by atoms with Crippen molar-refractivity contribution in [2.24, 2.45) is 0 Å². The van der Waals surface area contributed by atoms with Gasteiger partial charge in [-0.15, -0.1) is 0 Å². The molecule has 1 N–H and O–H groups in total. The quantitative estimate of drug-likeness (QED) is 0.394. The molecule has 8 heteroatoms. The summed E-state index contributed by atoms with van der Waals surface area (Å²) in [5.41, 5.74) is 0. The van der Waals surface area contributed by atoms with Gasteiger partial charge in [-0.1, -0.05) is 0 Å². The first-order chi connectivity index (χ1) is 8.69. The Balaban J connectivity index is -0.0000000952. The molecule has 0 amide bonds. The van der Waals surface area contributed by atoms with Crippen LogP contribution < -0.4 is 14.0 Å². The standard InChI is InChI=1S/2C6H15P.Au.ClHO4/c2*1-4-7(5-2)6-3;;2-1(3,4)5/h2*4-6H2,1-3H3;;(H,2,3,4,5)/p+2. The van der Waals surface area contributed by atoms with Gasteiger partial charge in [0.05, 0.1) is 51.9 Å². The third-order valence-corrected chi connectivity index (χ3v) is 9.00. The minimum Gasteiger partial charge on any atom is -0.183 e. The molecule has 0 aromatic rings. The van der Waals surface area contributed by atoms with E-state index < -0.39 is 10.2 Å². The molecule has 0 atom stereocenters. The van der Waals surface area contributed by atoms with Crippen molar-refractivity contribution in [1.82, 2.24) is 0 Å². The van der Waals surface area contributed by atoms with Crippen molar-refractivity contribution in [3.8, 4) is 0 Å². The second kappa shape index (κ2) is 20.7. The molecule has 0 aliphatic rings. The van der Waals surface area contributed by atoms with E-state index in [2.05, 4.69) is 41.5 Å². The average Bonchev–Trinajstić information content (AvgIpc) is 2.32. The van der Waals surface area contributed by atoms with Crippen LogP contribution in [0.4, 0.5) is 0 Å². The fourth-order valence-electron chi connectivity index (χ4n) is 1.50. The van der Waals surface area contributed by atoms with Gasteiger partial charge in [0.1, 0.15) is 0 Å². The van der Waals surface area contributed by atoms with E-state index >= 15 is 0 Å². The van der Waals surface area contributed by atoms with Gasteiger partial charge in [-0.3, -0.25) is 0 Å². The van der Waals surface area contributed by atoms with Gasteiger partial charge in [-0.25, -0.2) is 0 Å². The average molecular weight is 536 g/mol. The van der Waals surface area contributed by atoms with Crippen LogP contribution >= 0.6 is 15.8 Å². The Morgan fingerprint density at radius 1 is 0.650 bits per heavy atom. The first-order valence-corrected chi connectivity index (χ1v) is 12.5. The largest absolute Gasteiger partial charge is 0.183 e. The van der Waals surface area contributed by atoms with Gasteiger partial charge in [-0.2, -0.15) is 14.0 Å². The van der Waals surface area contributed by atoms with Gasteiger partial charge >= 0.3 is 0 Å². The number of hydrogen-bond donors (Lipinski definition) is 1. The summed E-state index contributed by atoms with van der Waals surface area (Å²) >= 11 is 0. The second-order valence-corrected chi connectivity index (χ2v) is 12.1. The molecule has 0 aliphatic carbocycles. The maximum atomic E-state index is 8.60. The van der Waals surface area contributed by atoms with Crippen molar-refractivity contribution < 1.29 is 51.3 Å². The normalized spacial score (nSPS) is 10.2. The van der Waals surface area contributed by atoms with Crippen LogP contribution in [-0.4, -0.2) is 41.6 Å². The van der Waals surface area contributed by atoms with Crippen molar-refractivity contribution in [1.29, 1.82) is 0 Å². The van der Waals surface area contributed by atoms with Crippen molar-refractivity contribution >= 4 is 15.8 Å². The zero-order chi connectivity index (χ0) is 15.9. The van der Waals surface area contributed by atoms with Crippen LogP contribution in [0.15, 0.2) is 0 Å². The number of rotatable bonds is 6. The van der Waals surface area contributed by atoms with Crippen molar-refractivity contribution in [3.05, 3.63) is 0 Å². The molecule has 0 unspecified atom stereocenters. The Bertz CT molecular complexity index is 137. The first kappa shape index (κ1) is 29.7. The maximum absolute atomic E-state index is 8.60. The second-order valence-electron chi connectivity index (χ2n) is 4.02. The molecule has 20 heavy (non-hydrogen) atoms. The zero-order valence-electron chi connectivity index (χ0n) is 13.6. The molecule has 0 rings (SSSR count). The summed E-state index contributed by atoms with van der Waals surface area (Å²) in [6.45, 7) is 13.8. The van der Waals surface area contributed by atoms with E-state index in [1.54, 1.807) is 0 Å². The predicted molar refractivity (Wildman–Crippen MR) is 82.1 cm³/mol. The van der Waals surface area contributed by atoms with Crippen LogP contribution in [0.2, 0.25) is 0 Å². The van der Waals surface area contributed by atoms with Gasteiger partial charge < -0.3 is 0 Å². The third kappa shape index (κ3) is 36.7. The summed E-state index contributed by atoms with van der Waals surface area (Å²) in [5, 5.41) is 0. The van der Waals surface area contributed by atoms with Crippen LogP contribution in [0.1, 0.15) is 41.5 Å². The SMILES string of the molecule is CC[PH+](CC)CC.CC[PH+](CC)CC.[Au].[O-][Cl+3]([O-])([O-])O. The van der Waals surface area contributed by atoms with Crippen molar-refractivity contribution in [2.45, 2.75) is 41.5 Å². The molecule has 131 valence electrons. The minimum atomic E-state index is -4.69. The smallest absolute Gasteiger partial charge is 0.0777 e. The molecule has 0 bridgehead atoms. The molecule has 0 aromatic heterocycles. The van der Waals surface area contributed by atoms with Crippen LogP contribution in [0, 0.1) is 10.2 Å². The molecular weight excluding hydrogens is 502 g/mol. The molecule has 1 radical (unpaired) electrons. The van der Waals surface area contributed by atoms with Crippen LogP contribution in [0.3, 0.4) is 0 Å².